The largest absolute Gasteiger partial charge is 0.479 e. The van der Waals surface area contributed by atoms with Crippen LogP contribution >= 0.6 is 0 Å². The summed E-state index contributed by atoms with van der Waals surface area (Å²) in [5, 5.41) is 64.7. The highest BCUT2D eigenvalue weighted by atomic mass is 16.7. The zero-order valence-electron chi connectivity index (χ0n) is 53.3. The predicted octanol–water partition coefficient (Wildman–Crippen LogP) is 1.86. The number of fused-ring (bicyclic) bond motifs is 10. The minimum Gasteiger partial charge on any atom is -0.479 e. The lowest BCUT2D eigenvalue weighted by Gasteiger charge is -2.48. The molecule has 502 valence electrons. The van der Waals surface area contributed by atoms with Crippen molar-refractivity contribution < 1.29 is 78.5 Å². The Hall–Kier alpha value is -9.12. The highest BCUT2D eigenvalue weighted by Gasteiger charge is 2.72. The van der Waals surface area contributed by atoms with Crippen LogP contribution in [0.5, 0.6) is 0 Å². The van der Waals surface area contributed by atoms with Gasteiger partial charge in [0.1, 0.15) is 24.2 Å². The Morgan fingerprint density at radius 2 is 0.958 bits per heavy atom. The second-order valence-corrected chi connectivity index (χ2v) is 27.1. The number of benzene rings is 4. The maximum atomic E-state index is 14.2. The van der Waals surface area contributed by atoms with Gasteiger partial charge in [-0.2, -0.15) is 0 Å². The van der Waals surface area contributed by atoms with Gasteiger partial charge >= 0.3 is 11.9 Å². The maximum Gasteiger partial charge on any atom is 0.335 e. The number of aliphatic hydroxyl groups is 4. The third-order valence-corrected chi connectivity index (χ3v) is 21.1. The van der Waals surface area contributed by atoms with Crippen LogP contribution in [0.3, 0.4) is 0 Å². The molecule has 8 aliphatic heterocycles. The number of aliphatic carboxylic acids is 2. The van der Waals surface area contributed by atoms with Crippen molar-refractivity contribution in [1.82, 2.24) is 50.0 Å². The Morgan fingerprint density at radius 3 is 1.33 bits per heavy atom. The van der Waals surface area contributed by atoms with Crippen LogP contribution in [0, 0.1) is 11.8 Å². The summed E-state index contributed by atoms with van der Waals surface area (Å²) in [6, 6.07) is 28.2. The Labute approximate surface area is 550 Å². The van der Waals surface area contributed by atoms with E-state index >= 15 is 0 Å². The molecule has 10 N–H and O–H groups in total. The topological polar surface area (TPSA) is 351 Å². The standard InChI is InChI=1S/2C33H35N5O5.C4H6O6/c2*1-32(35-29(39)21-15-23-22-10-6-11-24-28(22)20(17-34-24)16-25(23)36(2)18-21)31(41)38-26(14-19-8-4-3-5-9-19)30(40)37-13-7-12-27(37)33(38,42)43-32;5-1(3(7)8)2(6)4(9)10/h2*3-6,8-11,15,17,21,25-27,34,42H,7,12-14,16,18H2,1-2H3,(H,35,39);1-2,5-6H,(H,7,8)(H,9,10)/t;;1-,2-/m..0/s1. The Balaban J connectivity index is 0.000000145. The number of carbonyl (C=O) groups excluding carboxylic acids is 6. The summed E-state index contributed by atoms with van der Waals surface area (Å²) >= 11 is 0. The molecule has 0 bridgehead atoms. The Bertz CT molecular complexity index is 3990. The van der Waals surface area contributed by atoms with Crippen molar-refractivity contribution in [2.45, 2.75) is 137 Å². The van der Waals surface area contributed by atoms with Crippen LogP contribution in [-0.4, -0.2) is 229 Å². The average molecular weight is 1310 g/mol. The molecule has 26 nitrogen and oxygen atoms in total. The first-order valence-corrected chi connectivity index (χ1v) is 32.5. The van der Waals surface area contributed by atoms with E-state index in [1.165, 1.54) is 45.5 Å². The van der Waals surface area contributed by atoms with E-state index in [-0.39, 0.29) is 48.6 Å². The lowest BCUT2D eigenvalue weighted by atomic mass is 9.79. The molecule has 10 aliphatic rings. The molecule has 6 aromatic rings. The number of carbonyl (C=O) groups is 8. The highest BCUT2D eigenvalue weighted by Crippen LogP contribution is 2.49. The molecule has 96 heavy (non-hydrogen) atoms. The van der Waals surface area contributed by atoms with E-state index in [1.807, 2.05) is 99.0 Å². The van der Waals surface area contributed by atoms with Crippen molar-refractivity contribution >= 4 is 80.3 Å². The van der Waals surface area contributed by atoms with Gasteiger partial charge in [0.15, 0.2) is 12.2 Å². The molecular weight excluding hydrogens is 1240 g/mol. The normalized spacial score (nSPS) is 31.5. The summed E-state index contributed by atoms with van der Waals surface area (Å²) in [5.41, 5.74) is 7.17. The summed E-state index contributed by atoms with van der Waals surface area (Å²) in [6.45, 7) is 4.90. The number of likely N-dealkylation sites (N-methyl/N-ethyl adjacent to an activating group) is 2. The van der Waals surface area contributed by atoms with Crippen LogP contribution in [-0.2, 0) is 73.5 Å². The number of carboxylic acid groups (broad SMARTS) is 2. The molecule has 6 amide bonds. The van der Waals surface area contributed by atoms with Crippen LogP contribution in [0.25, 0.3) is 33.0 Å². The van der Waals surface area contributed by atoms with Crippen molar-refractivity contribution in [3.05, 3.63) is 155 Å². The molecule has 26 heteroatoms. The zero-order chi connectivity index (χ0) is 67.7. The number of hydrogen-bond donors (Lipinski definition) is 10. The van der Waals surface area contributed by atoms with Gasteiger partial charge in [-0.15, -0.1) is 0 Å². The van der Waals surface area contributed by atoms with Crippen LogP contribution in [0.1, 0.15) is 72.9 Å². The van der Waals surface area contributed by atoms with Gasteiger partial charge < -0.3 is 61.0 Å². The van der Waals surface area contributed by atoms with Crippen molar-refractivity contribution in [2.24, 2.45) is 11.8 Å². The average Bonchev–Trinajstić information content (AvgIpc) is 1.54. The minimum absolute atomic E-state index is 0.144. The number of H-pyrrole nitrogens is 2. The number of ether oxygens (including phenoxy) is 2. The number of aliphatic hydroxyl groups excluding tert-OH is 2. The molecule has 14 atom stereocenters. The molecule has 2 aliphatic carbocycles. The molecule has 2 aromatic heterocycles. The summed E-state index contributed by atoms with van der Waals surface area (Å²) in [5.74, 6) is -11.1. The fourth-order valence-electron chi connectivity index (χ4n) is 16.5. The van der Waals surface area contributed by atoms with E-state index in [4.69, 9.17) is 29.9 Å². The first-order chi connectivity index (χ1) is 45.8. The summed E-state index contributed by atoms with van der Waals surface area (Å²) in [7, 11) is 4.04. The SMILES string of the molecule is CN1CC(C(=O)NC2(C)OC3(O)C4CCCN4C(=O)C(Cc4ccccc4)N3C2=O)C=C2c3cccc4[nH]cc(c34)CC21.CN1CC(C(=O)NC2(C)OC3(O)C4CCCN4C(=O)C(Cc4ccccc4)N3C2=O)C=C2c3cccc4[nH]cc(c34)CC21.O=C(O)[C@@H](O)[C@H](O)C(=O)O. The predicted molar refractivity (Wildman–Crippen MR) is 343 cm³/mol. The first-order valence-electron chi connectivity index (χ1n) is 32.5. The molecule has 6 fully saturated rings. The number of nitrogens with one attached hydrogen (secondary N) is 4. The van der Waals surface area contributed by atoms with Crippen molar-refractivity contribution in [1.29, 1.82) is 0 Å². The number of hydrogen-bond acceptors (Lipinski definition) is 16. The van der Waals surface area contributed by atoms with E-state index < -0.39 is 95.2 Å². The van der Waals surface area contributed by atoms with Gasteiger partial charge in [-0.05, 0) is 123 Å². The number of aromatic nitrogens is 2. The zero-order valence-corrected chi connectivity index (χ0v) is 53.3. The number of amides is 6. The monoisotopic (exact) mass is 1310 g/mol. The maximum absolute atomic E-state index is 14.2. The molecule has 10 heterocycles. The van der Waals surface area contributed by atoms with Crippen LogP contribution < -0.4 is 10.6 Å². The number of carboxylic acids is 2. The second-order valence-electron chi connectivity index (χ2n) is 27.1. The van der Waals surface area contributed by atoms with Gasteiger partial charge in [-0.3, -0.25) is 57.8 Å². The second kappa shape index (κ2) is 23.9. The van der Waals surface area contributed by atoms with Gasteiger partial charge in [0.2, 0.25) is 35.1 Å². The highest BCUT2D eigenvalue weighted by molar-refractivity contribution is 6.03. The number of nitrogens with zero attached hydrogens (tertiary/aromatic N) is 6. The summed E-state index contributed by atoms with van der Waals surface area (Å²) in [4.78, 5) is 120. The molecule has 12 unspecified atom stereocenters. The van der Waals surface area contributed by atoms with Gasteiger partial charge in [-0.25, -0.2) is 9.59 Å². The molecule has 0 spiro atoms. The van der Waals surface area contributed by atoms with Crippen molar-refractivity contribution in [3.63, 3.8) is 0 Å². The van der Waals surface area contributed by atoms with Crippen LogP contribution in [0.2, 0.25) is 0 Å². The van der Waals surface area contributed by atoms with Crippen LogP contribution in [0.4, 0.5) is 0 Å². The van der Waals surface area contributed by atoms with Crippen LogP contribution in [0.15, 0.2) is 122 Å². The first kappa shape index (κ1) is 64.2. The van der Waals surface area contributed by atoms with E-state index in [1.54, 1.807) is 9.80 Å². The van der Waals surface area contributed by atoms with Gasteiger partial charge in [-0.1, -0.05) is 97.1 Å². The fraction of sp³-hybridized carbons (Fsp3) is 0.429. The van der Waals surface area contributed by atoms with Gasteiger partial charge in [0, 0.05) is 85.3 Å². The smallest absolute Gasteiger partial charge is 0.335 e. The third kappa shape index (κ3) is 10.5. The minimum atomic E-state index is -2.27. The van der Waals surface area contributed by atoms with Gasteiger partial charge in [0.25, 0.3) is 23.6 Å². The van der Waals surface area contributed by atoms with Gasteiger partial charge in [0.05, 0.1) is 11.8 Å². The fourth-order valence-corrected chi connectivity index (χ4v) is 16.5. The Morgan fingerprint density at radius 1 is 0.573 bits per heavy atom. The van der Waals surface area contributed by atoms with E-state index in [9.17, 15) is 48.6 Å². The summed E-state index contributed by atoms with van der Waals surface area (Å²) in [6.07, 6.45) is 8.23. The number of piperazine rings is 2. The Kier molecular flexibility index (Phi) is 16.0. The molecular formula is C70H76N10O16. The van der Waals surface area contributed by atoms with E-state index in [0.717, 1.165) is 57.3 Å². The lowest BCUT2D eigenvalue weighted by molar-refractivity contribution is -0.315. The molecule has 16 rings (SSSR count). The molecule has 6 saturated heterocycles. The summed E-state index contributed by atoms with van der Waals surface area (Å²) < 4.78 is 12.5. The third-order valence-electron chi connectivity index (χ3n) is 21.1. The quantitative estimate of drug-likeness (QED) is 0.0885. The van der Waals surface area contributed by atoms with Crippen molar-refractivity contribution in [2.75, 3.05) is 40.3 Å². The number of aromatic amines is 2. The number of rotatable bonds is 11. The molecule has 0 radical (unpaired) electrons. The molecule has 4 aromatic carbocycles. The van der Waals surface area contributed by atoms with Crippen molar-refractivity contribution in [3.8, 4) is 0 Å². The molecule has 0 saturated carbocycles. The lowest BCUT2D eigenvalue weighted by Crippen LogP contribution is -2.71. The van der Waals surface area contributed by atoms with E-state index in [0.29, 0.717) is 51.9 Å². The van der Waals surface area contributed by atoms with E-state index in [2.05, 4.69) is 67.1 Å².